The van der Waals surface area contributed by atoms with Crippen LogP contribution >= 0.6 is 0 Å². The van der Waals surface area contributed by atoms with E-state index in [0.29, 0.717) is 10.6 Å². The molecule has 0 aliphatic heterocycles. The molecule has 0 aliphatic carbocycles. The van der Waals surface area contributed by atoms with Crippen LogP contribution in [0.15, 0.2) is 40.1 Å². The number of aryl methyl sites for hydroxylation is 2. The normalized spacial score (nSPS) is 12.2. The van der Waals surface area contributed by atoms with E-state index in [4.69, 9.17) is 0 Å². The second kappa shape index (κ2) is 7.18. The number of nitrogens with one attached hydrogen (secondary N) is 1. The molecule has 1 unspecified atom stereocenters. The van der Waals surface area contributed by atoms with Gasteiger partial charge in [0.25, 0.3) is 0 Å². The SMILES string of the molecule is CC(=O)Nc1cc(C)c(S(=O)c2ccc(O)c(C(C)C)c2)c(C)c1. The van der Waals surface area contributed by atoms with Crippen molar-refractivity contribution in [1.29, 1.82) is 0 Å². The maximum absolute atomic E-state index is 13.0. The van der Waals surface area contributed by atoms with Gasteiger partial charge in [0.1, 0.15) is 5.75 Å². The van der Waals surface area contributed by atoms with Crippen molar-refractivity contribution in [3.05, 3.63) is 47.0 Å². The molecule has 0 saturated heterocycles. The van der Waals surface area contributed by atoms with Crippen LogP contribution in [-0.2, 0) is 15.6 Å². The predicted octanol–water partition coefficient (Wildman–Crippen LogP) is 4.26. The maximum Gasteiger partial charge on any atom is 0.221 e. The van der Waals surface area contributed by atoms with Crippen LogP contribution in [0.25, 0.3) is 0 Å². The Morgan fingerprint density at radius 1 is 1.12 bits per heavy atom. The molecule has 2 N–H and O–H groups in total. The lowest BCUT2D eigenvalue weighted by Crippen LogP contribution is -2.08. The van der Waals surface area contributed by atoms with Crippen LogP contribution in [0.2, 0.25) is 0 Å². The van der Waals surface area contributed by atoms with E-state index in [1.807, 2.05) is 39.8 Å². The average Bonchev–Trinajstić information content (AvgIpc) is 2.45. The summed E-state index contributed by atoms with van der Waals surface area (Å²) in [6, 6.07) is 8.74. The number of rotatable bonds is 4. The van der Waals surface area contributed by atoms with Crippen molar-refractivity contribution >= 4 is 22.4 Å². The minimum atomic E-state index is -1.35. The molecular weight excluding hydrogens is 322 g/mol. The fourth-order valence-electron chi connectivity index (χ4n) is 2.75. The van der Waals surface area contributed by atoms with Gasteiger partial charge in [-0.15, -0.1) is 0 Å². The molecule has 0 bridgehead atoms. The first kappa shape index (κ1) is 18.2. The smallest absolute Gasteiger partial charge is 0.221 e. The summed E-state index contributed by atoms with van der Waals surface area (Å²) < 4.78 is 13.0. The summed E-state index contributed by atoms with van der Waals surface area (Å²) in [6.45, 7) is 9.20. The first-order chi connectivity index (χ1) is 11.2. The molecule has 0 fully saturated rings. The highest BCUT2D eigenvalue weighted by atomic mass is 32.2. The van der Waals surface area contributed by atoms with E-state index in [9.17, 15) is 14.1 Å². The largest absolute Gasteiger partial charge is 0.508 e. The van der Waals surface area contributed by atoms with Gasteiger partial charge in [0, 0.05) is 22.4 Å². The van der Waals surface area contributed by atoms with Crippen molar-refractivity contribution in [1.82, 2.24) is 0 Å². The Hall–Kier alpha value is -2.14. The fourth-order valence-corrected chi connectivity index (χ4v) is 4.11. The molecule has 0 radical (unpaired) electrons. The van der Waals surface area contributed by atoms with E-state index in [2.05, 4.69) is 5.32 Å². The number of phenolic OH excluding ortho intramolecular Hbond substituents is 1. The molecule has 2 rings (SSSR count). The number of hydrogen-bond donors (Lipinski definition) is 2. The fraction of sp³-hybridized carbons (Fsp3) is 0.316. The molecule has 1 atom stereocenters. The van der Waals surface area contributed by atoms with Crippen LogP contribution in [0.1, 0.15) is 43.4 Å². The van der Waals surface area contributed by atoms with E-state index in [-0.39, 0.29) is 17.6 Å². The number of carbonyl (C=O) groups excluding carboxylic acids is 1. The minimum absolute atomic E-state index is 0.136. The molecule has 128 valence electrons. The van der Waals surface area contributed by atoms with Crippen LogP contribution in [0.3, 0.4) is 0 Å². The number of anilines is 1. The number of aromatic hydroxyl groups is 1. The molecule has 4 nitrogen and oxygen atoms in total. The molecule has 0 aromatic heterocycles. The Balaban J connectivity index is 2.47. The number of phenols is 1. The van der Waals surface area contributed by atoms with E-state index >= 15 is 0 Å². The van der Waals surface area contributed by atoms with Gasteiger partial charge in [0.05, 0.1) is 10.8 Å². The number of benzene rings is 2. The molecule has 0 saturated carbocycles. The van der Waals surface area contributed by atoms with Gasteiger partial charge in [-0.2, -0.15) is 0 Å². The lowest BCUT2D eigenvalue weighted by atomic mass is 10.0. The van der Waals surface area contributed by atoms with Gasteiger partial charge in [0.2, 0.25) is 5.91 Å². The van der Waals surface area contributed by atoms with Gasteiger partial charge in [-0.05, 0) is 66.8 Å². The average molecular weight is 345 g/mol. The highest BCUT2D eigenvalue weighted by Gasteiger charge is 2.17. The summed E-state index contributed by atoms with van der Waals surface area (Å²) in [7, 11) is -1.35. The van der Waals surface area contributed by atoms with Gasteiger partial charge in [-0.25, -0.2) is 4.21 Å². The van der Waals surface area contributed by atoms with E-state index in [0.717, 1.165) is 21.6 Å². The zero-order valence-electron chi connectivity index (χ0n) is 14.6. The van der Waals surface area contributed by atoms with Crippen LogP contribution in [0.4, 0.5) is 5.69 Å². The summed E-state index contributed by atoms with van der Waals surface area (Å²) in [5.74, 6) is 0.231. The molecule has 2 aromatic carbocycles. The lowest BCUT2D eigenvalue weighted by Gasteiger charge is -2.14. The van der Waals surface area contributed by atoms with Gasteiger partial charge >= 0.3 is 0 Å². The number of hydrogen-bond acceptors (Lipinski definition) is 3. The summed E-state index contributed by atoms with van der Waals surface area (Å²) in [4.78, 5) is 12.6. The van der Waals surface area contributed by atoms with E-state index < -0.39 is 10.8 Å². The second-order valence-electron chi connectivity index (χ2n) is 6.26. The van der Waals surface area contributed by atoms with Crippen LogP contribution in [0.5, 0.6) is 5.75 Å². The predicted molar refractivity (Wildman–Crippen MR) is 97.1 cm³/mol. The minimum Gasteiger partial charge on any atom is -0.508 e. The second-order valence-corrected chi connectivity index (χ2v) is 7.68. The maximum atomic E-state index is 13.0. The van der Waals surface area contributed by atoms with Gasteiger partial charge in [-0.3, -0.25) is 4.79 Å². The third kappa shape index (κ3) is 3.85. The first-order valence-corrected chi connectivity index (χ1v) is 8.99. The van der Waals surface area contributed by atoms with E-state index in [1.165, 1.54) is 6.92 Å². The highest BCUT2D eigenvalue weighted by Crippen LogP contribution is 2.31. The van der Waals surface area contributed by atoms with Gasteiger partial charge < -0.3 is 10.4 Å². The Labute approximate surface area is 145 Å². The van der Waals surface area contributed by atoms with Gasteiger partial charge in [-0.1, -0.05) is 13.8 Å². The molecule has 0 spiro atoms. The molecule has 0 aliphatic rings. The van der Waals surface area contributed by atoms with Crippen molar-refractivity contribution in [3.63, 3.8) is 0 Å². The Morgan fingerprint density at radius 3 is 2.21 bits per heavy atom. The van der Waals surface area contributed by atoms with E-state index in [1.54, 1.807) is 18.2 Å². The molecule has 2 aromatic rings. The summed E-state index contributed by atoms with van der Waals surface area (Å²) in [6.07, 6.45) is 0. The zero-order valence-corrected chi connectivity index (χ0v) is 15.5. The third-order valence-electron chi connectivity index (χ3n) is 3.80. The van der Waals surface area contributed by atoms with Crippen molar-refractivity contribution < 1.29 is 14.1 Å². The van der Waals surface area contributed by atoms with Gasteiger partial charge in [0.15, 0.2) is 0 Å². The molecular formula is C19H23NO3S. The first-order valence-electron chi connectivity index (χ1n) is 7.84. The zero-order chi connectivity index (χ0) is 18.0. The molecule has 5 heteroatoms. The number of carbonyl (C=O) groups is 1. The van der Waals surface area contributed by atoms with Crippen molar-refractivity contribution in [3.8, 4) is 5.75 Å². The quantitative estimate of drug-likeness (QED) is 0.870. The number of amides is 1. The van der Waals surface area contributed by atoms with Crippen LogP contribution in [0, 0.1) is 13.8 Å². The Bertz CT molecular complexity index is 789. The summed E-state index contributed by atoms with van der Waals surface area (Å²) in [5, 5.41) is 12.7. The summed E-state index contributed by atoms with van der Waals surface area (Å²) in [5.41, 5.74) is 3.20. The highest BCUT2D eigenvalue weighted by molar-refractivity contribution is 7.85. The molecule has 1 amide bonds. The van der Waals surface area contributed by atoms with Crippen molar-refractivity contribution in [2.45, 2.75) is 50.3 Å². The van der Waals surface area contributed by atoms with Crippen molar-refractivity contribution in [2.75, 3.05) is 5.32 Å². The molecule has 0 heterocycles. The van der Waals surface area contributed by atoms with Crippen molar-refractivity contribution in [2.24, 2.45) is 0 Å². The Kier molecular flexibility index (Phi) is 5.44. The lowest BCUT2D eigenvalue weighted by molar-refractivity contribution is -0.114. The third-order valence-corrected chi connectivity index (χ3v) is 5.50. The van der Waals surface area contributed by atoms with Crippen LogP contribution in [-0.4, -0.2) is 15.2 Å². The Morgan fingerprint density at radius 2 is 1.71 bits per heavy atom. The monoisotopic (exact) mass is 345 g/mol. The standard InChI is InChI=1S/C19H23NO3S/c1-11(2)17-10-16(6-7-18(17)22)24(23)19-12(3)8-15(9-13(19)4)20-14(5)21/h6-11,22H,1-5H3,(H,20,21). The topological polar surface area (TPSA) is 66.4 Å². The van der Waals surface area contributed by atoms with Crippen LogP contribution < -0.4 is 5.32 Å². The molecule has 24 heavy (non-hydrogen) atoms. The summed E-state index contributed by atoms with van der Waals surface area (Å²) >= 11 is 0.